The topological polar surface area (TPSA) is 38.0 Å². The van der Waals surface area contributed by atoms with Gasteiger partial charge in [0.15, 0.2) is 24.0 Å². The highest BCUT2D eigenvalue weighted by Crippen LogP contribution is 2.19. The number of piperazine rings is 1. The van der Waals surface area contributed by atoms with Crippen LogP contribution in [-0.4, -0.2) is 38.6 Å². The lowest BCUT2D eigenvalue weighted by Crippen LogP contribution is -3.28. The van der Waals surface area contributed by atoms with Crippen molar-refractivity contribution < 1.29 is 27.8 Å². The molecule has 1 amide bonds. The zero-order valence-corrected chi connectivity index (χ0v) is 14.4. The van der Waals surface area contributed by atoms with Gasteiger partial charge in [-0.1, -0.05) is 6.07 Å². The smallest absolute Gasteiger partial charge is 0.279 e. The molecule has 2 aromatic rings. The molecule has 3 rings (SSSR count). The molecule has 0 unspecified atom stereocenters. The van der Waals surface area contributed by atoms with Crippen molar-refractivity contribution in [1.29, 1.82) is 0 Å². The van der Waals surface area contributed by atoms with Crippen LogP contribution in [0.15, 0.2) is 29.6 Å². The van der Waals surface area contributed by atoms with E-state index in [2.05, 4.69) is 16.8 Å². The number of benzene rings is 1. The van der Waals surface area contributed by atoms with Gasteiger partial charge in [0.2, 0.25) is 0 Å². The number of amides is 1. The lowest BCUT2D eigenvalue weighted by Gasteiger charge is -2.29. The van der Waals surface area contributed by atoms with Crippen LogP contribution in [-0.2, 0) is 11.3 Å². The molecule has 4 nitrogen and oxygen atoms in total. The first-order valence-electron chi connectivity index (χ1n) is 8.16. The molecule has 1 aromatic carbocycles. The minimum absolute atomic E-state index is 0.185. The van der Waals surface area contributed by atoms with E-state index in [1.54, 1.807) is 11.3 Å². The first-order chi connectivity index (χ1) is 12.0. The highest BCUT2D eigenvalue weighted by Gasteiger charge is 2.25. The van der Waals surface area contributed by atoms with E-state index >= 15 is 0 Å². The summed E-state index contributed by atoms with van der Waals surface area (Å²) in [6.45, 7) is 4.78. The maximum atomic E-state index is 13.6. The van der Waals surface area contributed by atoms with Crippen molar-refractivity contribution in [1.82, 2.24) is 0 Å². The molecule has 0 bridgehead atoms. The minimum Gasteiger partial charge on any atom is -0.321 e. The molecular weight excluding hydrogens is 351 g/mol. The average Bonchev–Trinajstić information content (AvgIpc) is 3.10. The normalized spacial score (nSPS) is 20.4. The minimum atomic E-state index is -1.57. The van der Waals surface area contributed by atoms with Crippen LogP contribution in [0.25, 0.3) is 0 Å². The number of quaternary nitrogens is 2. The second-order valence-corrected chi connectivity index (χ2v) is 7.24. The Morgan fingerprint density at radius 2 is 1.76 bits per heavy atom. The van der Waals surface area contributed by atoms with Crippen LogP contribution in [0.2, 0.25) is 0 Å². The molecule has 134 valence electrons. The van der Waals surface area contributed by atoms with Gasteiger partial charge in [-0.2, -0.15) is 0 Å². The largest absolute Gasteiger partial charge is 0.321 e. The second-order valence-electron chi connectivity index (χ2n) is 6.20. The van der Waals surface area contributed by atoms with Gasteiger partial charge in [-0.05, 0) is 23.6 Å². The number of thiophene rings is 1. The van der Waals surface area contributed by atoms with E-state index in [0.717, 1.165) is 49.8 Å². The highest BCUT2D eigenvalue weighted by atomic mass is 32.1. The van der Waals surface area contributed by atoms with Gasteiger partial charge in [0.1, 0.15) is 32.7 Å². The molecule has 25 heavy (non-hydrogen) atoms. The molecule has 0 atom stereocenters. The van der Waals surface area contributed by atoms with E-state index in [-0.39, 0.29) is 12.2 Å². The average molecular weight is 371 g/mol. The van der Waals surface area contributed by atoms with Crippen LogP contribution >= 0.6 is 11.3 Å². The third-order valence-corrected chi connectivity index (χ3v) is 5.26. The van der Waals surface area contributed by atoms with Crippen LogP contribution in [0.3, 0.4) is 0 Å². The van der Waals surface area contributed by atoms with Crippen molar-refractivity contribution in [2.45, 2.75) is 6.54 Å². The fourth-order valence-corrected chi connectivity index (χ4v) is 3.79. The number of carbonyl (C=O) groups excluding carboxylic acids is 1. The fourth-order valence-electron chi connectivity index (χ4n) is 3.01. The molecule has 2 heterocycles. The van der Waals surface area contributed by atoms with E-state index in [0.29, 0.717) is 0 Å². The molecule has 8 heteroatoms. The number of halogens is 3. The number of anilines is 1. The van der Waals surface area contributed by atoms with Crippen LogP contribution in [0.4, 0.5) is 18.9 Å². The standard InChI is InChI=1S/C17H18F3N3OS/c18-13-3-4-14(17(20)16(13)19)21-15(24)11-23-7-5-22(6-8-23)10-12-2-1-9-25-12/h1-4,9H,5-8,10-11H2,(H,21,24)/p+2. The molecule has 0 radical (unpaired) electrons. The van der Waals surface area contributed by atoms with Gasteiger partial charge in [0.05, 0.1) is 10.6 Å². The van der Waals surface area contributed by atoms with Gasteiger partial charge in [-0.3, -0.25) is 4.79 Å². The quantitative estimate of drug-likeness (QED) is 0.641. The zero-order chi connectivity index (χ0) is 17.8. The van der Waals surface area contributed by atoms with Crippen LogP contribution in [0.1, 0.15) is 4.88 Å². The second kappa shape index (κ2) is 7.99. The molecule has 1 saturated heterocycles. The van der Waals surface area contributed by atoms with Crippen molar-refractivity contribution in [3.05, 3.63) is 52.0 Å². The number of hydrogen-bond donors (Lipinski definition) is 3. The summed E-state index contributed by atoms with van der Waals surface area (Å²) in [5.74, 6) is -4.61. The maximum absolute atomic E-state index is 13.6. The Morgan fingerprint density at radius 3 is 2.44 bits per heavy atom. The molecule has 1 aromatic heterocycles. The van der Waals surface area contributed by atoms with E-state index in [1.165, 1.54) is 9.78 Å². The van der Waals surface area contributed by atoms with E-state index in [1.807, 2.05) is 6.07 Å². The monoisotopic (exact) mass is 371 g/mol. The first-order valence-corrected chi connectivity index (χ1v) is 9.04. The SMILES string of the molecule is O=C(C[NH+]1CC[NH+](Cc2cccs2)CC1)Nc1ccc(F)c(F)c1F. The Kier molecular flexibility index (Phi) is 5.72. The molecule has 0 spiro atoms. The Balaban J connectivity index is 1.47. The summed E-state index contributed by atoms with van der Waals surface area (Å²) in [5, 5.41) is 4.39. The molecule has 1 aliphatic heterocycles. The van der Waals surface area contributed by atoms with Crippen LogP contribution < -0.4 is 15.1 Å². The third kappa shape index (κ3) is 4.59. The summed E-state index contributed by atoms with van der Waals surface area (Å²) >= 11 is 1.75. The summed E-state index contributed by atoms with van der Waals surface area (Å²) in [6, 6.07) is 6.00. The Morgan fingerprint density at radius 1 is 1.04 bits per heavy atom. The van der Waals surface area contributed by atoms with Crippen molar-refractivity contribution in [2.24, 2.45) is 0 Å². The molecule has 1 aliphatic rings. The van der Waals surface area contributed by atoms with Crippen molar-refractivity contribution in [2.75, 3.05) is 38.0 Å². The van der Waals surface area contributed by atoms with Gasteiger partial charge in [-0.15, -0.1) is 11.3 Å². The Bertz CT molecular complexity index is 731. The summed E-state index contributed by atoms with van der Waals surface area (Å²) in [4.78, 5) is 16.0. The third-order valence-electron chi connectivity index (χ3n) is 4.39. The van der Waals surface area contributed by atoms with E-state index in [9.17, 15) is 18.0 Å². The summed E-state index contributed by atoms with van der Waals surface area (Å²) in [6.07, 6.45) is 0. The summed E-state index contributed by atoms with van der Waals surface area (Å²) in [7, 11) is 0. The number of nitrogens with one attached hydrogen (secondary N) is 3. The molecule has 0 aliphatic carbocycles. The predicted molar refractivity (Wildman–Crippen MR) is 89.2 cm³/mol. The molecular formula is C17H20F3N3OS+2. The fraction of sp³-hybridized carbons (Fsp3) is 0.353. The maximum Gasteiger partial charge on any atom is 0.279 e. The number of hydrogen-bond acceptors (Lipinski definition) is 2. The summed E-state index contributed by atoms with van der Waals surface area (Å²) in [5.41, 5.74) is -0.328. The van der Waals surface area contributed by atoms with Gasteiger partial charge in [0, 0.05) is 0 Å². The van der Waals surface area contributed by atoms with Crippen molar-refractivity contribution in [3.63, 3.8) is 0 Å². The van der Waals surface area contributed by atoms with Crippen molar-refractivity contribution >= 4 is 22.9 Å². The van der Waals surface area contributed by atoms with Gasteiger partial charge < -0.3 is 15.1 Å². The van der Waals surface area contributed by atoms with Crippen LogP contribution in [0, 0.1) is 17.5 Å². The lowest BCUT2D eigenvalue weighted by molar-refractivity contribution is -1.01. The Labute approximate surface area is 147 Å². The zero-order valence-electron chi connectivity index (χ0n) is 13.6. The number of carbonyl (C=O) groups is 1. The predicted octanol–water partition coefficient (Wildman–Crippen LogP) is 0.0875. The highest BCUT2D eigenvalue weighted by molar-refractivity contribution is 7.09. The van der Waals surface area contributed by atoms with E-state index in [4.69, 9.17) is 0 Å². The molecule has 0 saturated carbocycles. The van der Waals surface area contributed by atoms with Gasteiger partial charge in [-0.25, -0.2) is 13.2 Å². The first kappa shape index (κ1) is 17.9. The van der Waals surface area contributed by atoms with Gasteiger partial charge in [0.25, 0.3) is 5.91 Å². The van der Waals surface area contributed by atoms with Crippen molar-refractivity contribution in [3.8, 4) is 0 Å². The van der Waals surface area contributed by atoms with Gasteiger partial charge >= 0.3 is 0 Å². The van der Waals surface area contributed by atoms with E-state index < -0.39 is 23.4 Å². The summed E-state index contributed by atoms with van der Waals surface area (Å²) < 4.78 is 39.7. The molecule has 1 fully saturated rings. The lowest BCUT2D eigenvalue weighted by atomic mass is 10.2. The van der Waals surface area contributed by atoms with Crippen LogP contribution in [0.5, 0.6) is 0 Å². The molecule has 3 N–H and O–H groups in total. The Hall–Kier alpha value is -1.90. The number of rotatable bonds is 5.